The molecule has 1 N–H and O–H groups in total. The lowest BCUT2D eigenvalue weighted by atomic mass is 9.78. The number of hydrazone groups is 2. The molecule has 1 aromatic carbocycles. The molecule has 0 spiro atoms. The van der Waals surface area contributed by atoms with Crippen molar-refractivity contribution in [2.45, 2.75) is 58.5 Å². The highest BCUT2D eigenvalue weighted by atomic mass is 32.2. The average molecular weight is 361 g/mol. The first-order valence-corrected chi connectivity index (χ1v) is 9.62. The van der Waals surface area contributed by atoms with Crippen LogP contribution in [-0.2, 0) is 10.8 Å². The molecule has 2 aliphatic heterocycles. The highest BCUT2D eigenvalue weighted by Gasteiger charge is 2.37. The molecule has 25 heavy (non-hydrogen) atoms. The van der Waals surface area contributed by atoms with Crippen molar-refractivity contribution >= 4 is 23.1 Å². The van der Waals surface area contributed by atoms with Gasteiger partial charge in [0, 0.05) is 19.0 Å². The number of benzene rings is 1. The zero-order valence-corrected chi connectivity index (χ0v) is 17.0. The fourth-order valence-corrected chi connectivity index (χ4v) is 4.00. The number of nitrogens with zero attached hydrogens (tertiary/aromatic N) is 4. The van der Waals surface area contributed by atoms with Gasteiger partial charge in [0.15, 0.2) is 6.17 Å². The maximum absolute atomic E-state index is 10.9. The molecule has 0 saturated heterocycles. The SMILES string of the molecule is CN1N=C2SCC=NN2C1c1cc(C(C)(C)C)c(O)c(C(C)(C)C)c1. The van der Waals surface area contributed by atoms with Crippen LogP contribution in [0.4, 0.5) is 0 Å². The average Bonchev–Trinajstić information content (AvgIpc) is 2.81. The second kappa shape index (κ2) is 5.94. The number of thioether (sulfide) groups is 1. The van der Waals surface area contributed by atoms with Crippen molar-refractivity contribution in [1.29, 1.82) is 0 Å². The Balaban J connectivity index is 2.17. The Morgan fingerprint density at radius 3 is 2.16 bits per heavy atom. The van der Waals surface area contributed by atoms with Gasteiger partial charge in [0.1, 0.15) is 5.75 Å². The van der Waals surface area contributed by atoms with Crippen molar-refractivity contribution in [3.8, 4) is 5.75 Å². The highest BCUT2D eigenvalue weighted by molar-refractivity contribution is 8.14. The van der Waals surface area contributed by atoms with Gasteiger partial charge in [0.25, 0.3) is 0 Å². The van der Waals surface area contributed by atoms with Crippen LogP contribution in [0.1, 0.15) is 64.4 Å². The van der Waals surface area contributed by atoms with Crippen molar-refractivity contribution in [1.82, 2.24) is 10.0 Å². The summed E-state index contributed by atoms with van der Waals surface area (Å²) in [7, 11) is 1.98. The summed E-state index contributed by atoms with van der Waals surface area (Å²) in [6, 6.07) is 4.22. The molecule has 0 saturated carbocycles. The van der Waals surface area contributed by atoms with E-state index in [2.05, 4.69) is 63.9 Å². The lowest BCUT2D eigenvalue weighted by Crippen LogP contribution is -2.31. The van der Waals surface area contributed by atoms with Crippen molar-refractivity contribution in [3.05, 3.63) is 28.8 Å². The number of phenolic OH excluding ortho intramolecular Hbond substituents is 1. The zero-order valence-electron chi connectivity index (χ0n) is 16.2. The Hall–Kier alpha value is -1.69. The fourth-order valence-electron chi connectivity index (χ4n) is 3.25. The topological polar surface area (TPSA) is 51.4 Å². The van der Waals surface area contributed by atoms with E-state index in [9.17, 15) is 5.11 Å². The Bertz CT molecular complexity index is 708. The van der Waals surface area contributed by atoms with Gasteiger partial charge in [-0.25, -0.2) is 5.01 Å². The summed E-state index contributed by atoms with van der Waals surface area (Å²) in [5.74, 6) is 1.26. The van der Waals surface area contributed by atoms with Gasteiger partial charge in [0.05, 0.1) is 0 Å². The van der Waals surface area contributed by atoms with Crippen LogP contribution >= 0.6 is 11.8 Å². The first-order valence-electron chi connectivity index (χ1n) is 8.64. The minimum atomic E-state index is -0.152. The number of hydrogen-bond acceptors (Lipinski definition) is 6. The van der Waals surface area contributed by atoms with Gasteiger partial charge in [-0.1, -0.05) is 53.3 Å². The van der Waals surface area contributed by atoms with Crippen molar-refractivity contribution < 1.29 is 5.11 Å². The Morgan fingerprint density at radius 1 is 1.08 bits per heavy atom. The minimum Gasteiger partial charge on any atom is -0.507 e. The predicted molar refractivity (Wildman–Crippen MR) is 106 cm³/mol. The summed E-state index contributed by atoms with van der Waals surface area (Å²) >= 11 is 1.69. The third kappa shape index (κ3) is 3.24. The standard InChI is InChI=1S/C19H28N4OS/c1-18(2,3)13-10-12(11-14(15(13)24)19(4,5)6)16-22(7)21-17-23(16)20-8-9-25-17/h8,10-11,16,24H,9H2,1-7H3. The van der Waals surface area contributed by atoms with Gasteiger partial charge < -0.3 is 5.11 Å². The molecular weight excluding hydrogens is 332 g/mol. The van der Waals surface area contributed by atoms with Gasteiger partial charge in [-0.05, 0) is 39.7 Å². The summed E-state index contributed by atoms with van der Waals surface area (Å²) < 4.78 is 0. The Kier molecular flexibility index (Phi) is 4.30. The van der Waals surface area contributed by atoms with Crippen LogP contribution in [0, 0.1) is 0 Å². The molecule has 1 aromatic rings. The highest BCUT2D eigenvalue weighted by Crippen LogP contribution is 2.43. The van der Waals surface area contributed by atoms with Crippen molar-refractivity contribution in [3.63, 3.8) is 0 Å². The largest absolute Gasteiger partial charge is 0.507 e. The van der Waals surface area contributed by atoms with Crippen LogP contribution in [-0.4, -0.2) is 39.3 Å². The first kappa shape index (κ1) is 18.1. The summed E-state index contributed by atoms with van der Waals surface area (Å²) in [4.78, 5) is 0. The van der Waals surface area contributed by atoms with E-state index in [1.54, 1.807) is 11.8 Å². The number of amidine groups is 1. The van der Waals surface area contributed by atoms with Crippen LogP contribution < -0.4 is 0 Å². The molecule has 2 heterocycles. The summed E-state index contributed by atoms with van der Waals surface area (Å²) in [6.45, 7) is 12.8. The van der Waals surface area contributed by atoms with Crippen LogP contribution in [0.25, 0.3) is 0 Å². The normalized spacial score (nSPS) is 20.8. The minimum absolute atomic E-state index is 0.0816. The van der Waals surface area contributed by atoms with E-state index >= 15 is 0 Å². The Morgan fingerprint density at radius 2 is 1.64 bits per heavy atom. The molecule has 5 nitrogen and oxygen atoms in total. The van der Waals surface area contributed by atoms with Crippen molar-refractivity contribution in [2.75, 3.05) is 12.8 Å². The molecule has 0 radical (unpaired) electrons. The molecule has 3 rings (SSSR count). The van der Waals surface area contributed by atoms with Crippen LogP contribution in [0.2, 0.25) is 0 Å². The molecule has 136 valence electrons. The third-order valence-corrected chi connectivity index (χ3v) is 5.41. The van der Waals surface area contributed by atoms with E-state index in [0.29, 0.717) is 5.75 Å². The van der Waals surface area contributed by atoms with E-state index in [4.69, 9.17) is 0 Å². The van der Waals surface area contributed by atoms with E-state index in [1.165, 1.54) is 0 Å². The van der Waals surface area contributed by atoms with Gasteiger partial charge in [0.2, 0.25) is 5.17 Å². The van der Waals surface area contributed by atoms with Crippen molar-refractivity contribution in [2.24, 2.45) is 10.2 Å². The molecule has 0 aromatic heterocycles. The molecule has 0 amide bonds. The zero-order chi connectivity index (χ0) is 18.6. The lowest BCUT2D eigenvalue weighted by molar-refractivity contribution is 0.166. The number of phenols is 1. The predicted octanol–water partition coefficient (Wildman–Crippen LogP) is 4.24. The first-order chi connectivity index (χ1) is 11.5. The second-order valence-corrected chi connectivity index (χ2v) is 9.74. The molecule has 0 aliphatic carbocycles. The lowest BCUT2D eigenvalue weighted by Gasteiger charge is -2.32. The van der Waals surface area contributed by atoms with Gasteiger partial charge in [-0.3, -0.25) is 5.01 Å². The van der Waals surface area contributed by atoms with Gasteiger partial charge >= 0.3 is 0 Å². The fraction of sp³-hybridized carbons (Fsp3) is 0.579. The van der Waals surface area contributed by atoms with Gasteiger partial charge in [-0.2, -0.15) is 5.10 Å². The molecule has 0 bridgehead atoms. The number of rotatable bonds is 1. The van der Waals surface area contributed by atoms with Crippen LogP contribution in [0.5, 0.6) is 5.75 Å². The van der Waals surface area contributed by atoms with Gasteiger partial charge in [-0.15, -0.1) is 5.10 Å². The monoisotopic (exact) mass is 360 g/mol. The van der Waals surface area contributed by atoms with Crippen LogP contribution in [0.15, 0.2) is 22.3 Å². The molecule has 1 unspecified atom stereocenters. The maximum Gasteiger partial charge on any atom is 0.206 e. The number of fused-ring (bicyclic) bond motifs is 1. The molecule has 6 heteroatoms. The van der Waals surface area contributed by atoms with E-state index in [0.717, 1.165) is 27.6 Å². The smallest absolute Gasteiger partial charge is 0.206 e. The van der Waals surface area contributed by atoms with E-state index < -0.39 is 0 Å². The summed E-state index contributed by atoms with van der Waals surface area (Å²) in [6.07, 6.45) is 1.84. The molecule has 0 fully saturated rings. The molecule has 1 atom stereocenters. The van der Waals surface area contributed by atoms with E-state index in [1.807, 2.05) is 23.3 Å². The summed E-state index contributed by atoms with van der Waals surface area (Å²) in [5.41, 5.74) is 2.73. The molecule has 2 aliphatic rings. The van der Waals surface area contributed by atoms with Crippen LogP contribution in [0.3, 0.4) is 0 Å². The van der Waals surface area contributed by atoms with E-state index in [-0.39, 0.29) is 17.0 Å². The second-order valence-electron chi connectivity index (χ2n) is 8.75. The Labute approximate surface area is 154 Å². The molecular formula is C19H28N4OS. The number of hydrogen-bond donors (Lipinski definition) is 1. The third-order valence-electron chi connectivity index (χ3n) is 4.56. The summed E-state index contributed by atoms with van der Waals surface area (Å²) in [5, 5.41) is 25.0. The maximum atomic E-state index is 10.9. The number of aromatic hydroxyl groups is 1. The quantitative estimate of drug-likeness (QED) is 0.814.